The highest BCUT2D eigenvalue weighted by Crippen LogP contribution is 2.30. The first-order valence-electron chi connectivity index (χ1n) is 9.52. The van der Waals surface area contributed by atoms with Gasteiger partial charge in [0.05, 0.1) is 5.56 Å². The number of likely N-dealkylation sites (N-methyl/N-ethyl adjacent to an activating group) is 1. The second-order valence-corrected chi connectivity index (χ2v) is 7.29. The number of hydrogen-bond donors (Lipinski definition) is 2. The van der Waals surface area contributed by atoms with Crippen molar-refractivity contribution in [3.05, 3.63) is 47.0 Å². The molecule has 9 heteroatoms. The van der Waals surface area contributed by atoms with Crippen LogP contribution in [-0.2, 0) is 7.05 Å². The van der Waals surface area contributed by atoms with Crippen molar-refractivity contribution in [1.29, 1.82) is 0 Å². The van der Waals surface area contributed by atoms with Crippen LogP contribution in [0.4, 0.5) is 5.82 Å². The van der Waals surface area contributed by atoms with Gasteiger partial charge in [-0.05, 0) is 44.6 Å². The first-order valence-corrected chi connectivity index (χ1v) is 9.52. The van der Waals surface area contributed by atoms with E-state index in [0.717, 1.165) is 25.9 Å². The molecule has 29 heavy (non-hydrogen) atoms. The Kier molecular flexibility index (Phi) is 5.22. The molecule has 3 aromatic rings. The zero-order valence-corrected chi connectivity index (χ0v) is 16.4. The summed E-state index contributed by atoms with van der Waals surface area (Å²) in [7, 11) is 3.69. The van der Waals surface area contributed by atoms with Crippen LogP contribution in [0.3, 0.4) is 0 Å². The maximum atomic E-state index is 12.8. The summed E-state index contributed by atoms with van der Waals surface area (Å²) >= 11 is 0. The lowest BCUT2D eigenvalue weighted by Gasteiger charge is -2.30. The lowest BCUT2D eigenvalue weighted by atomic mass is 10.1. The van der Waals surface area contributed by atoms with E-state index in [0.29, 0.717) is 22.8 Å². The van der Waals surface area contributed by atoms with Crippen LogP contribution in [0.2, 0.25) is 0 Å². The van der Waals surface area contributed by atoms with Crippen LogP contribution in [0.5, 0.6) is 5.75 Å². The van der Waals surface area contributed by atoms with Gasteiger partial charge in [0.25, 0.3) is 5.56 Å². The molecule has 0 saturated carbocycles. The van der Waals surface area contributed by atoms with E-state index in [-0.39, 0.29) is 23.2 Å². The van der Waals surface area contributed by atoms with Crippen LogP contribution in [0.25, 0.3) is 22.8 Å². The van der Waals surface area contributed by atoms with Gasteiger partial charge >= 0.3 is 0 Å². The molecule has 2 N–H and O–H groups in total. The summed E-state index contributed by atoms with van der Waals surface area (Å²) in [5, 5.41) is 22.0. The molecule has 0 amide bonds. The minimum atomic E-state index is -0.280. The van der Waals surface area contributed by atoms with E-state index in [1.165, 1.54) is 4.57 Å². The molecule has 1 aromatic carbocycles. The number of hydrogen-bond acceptors (Lipinski definition) is 8. The third kappa shape index (κ3) is 3.95. The minimum Gasteiger partial charge on any atom is -0.507 e. The highest BCUT2D eigenvalue weighted by Gasteiger charge is 2.20. The maximum Gasteiger partial charge on any atom is 0.296 e. The van der Waals surface area contributed by atoms with Crippen molar-refractivity contribution in [3.63, 3.8) is 0 Å². The fourth-order valence-corrected chi connectivity index (χ4v) is 3.57. The largest absolute Gasteiger partial charge is 0.507 e. The molecule has 2 aromatic heterocycles. The molecule has 1 saturated heterocycles. The van der Waals surface area contributed by atoms with Crippen molar-refractivity contribution in [2.45, 2.75) is 18.9 Å². The van der Waals surface area contributed by atoms with Gasteiger partial charge in [-0.2, -0.15) is 0 Å². The summed E-state index contributed by atoms with van der Waals surface area (Å²) in [6.07, 6.45) is 5.34. The predicted molar refractivity (Wildman–Crippen MR) is 110 cm³/mol. The van der Waals surface area contributed by atoms with Gasteiger partial charge in [0.15, 0.2) is 11.6 Å². The van der Waals surface area contributed by atoms with Crippen molar-refractivity contribution < 1.29 is 5.11 Å². The summed E-state index contributed by atoms with van der Waals surface area (Å²) in [5.41, 5.74) is 0.809. The Morgan fingerprint density at radius 3 is 2.69 bits per heavy atom. The highest BCUT2D eigenvalue weighted by molar-refractivity contribution is 5.70. The van der Waals surface area contributed by atoms with E-state index in [9.17, 15) is 9.90 Å². The summed E-state index contributed by atoms with van der Waals surface area (Å²) in [4.78, 5) is 23.4. The highest BCUT2D eigenvalue weighted by atomic mass is 16.3. The van der Waals surface area contributed by atoms with Crippen molar-refractivity contribution in [2.24, 2.45) is 7.05 Å². The number of anilines is 1. The molecule has 3 heterocycles. The summed E-state index contributed by atoms with van der Waals surface area (Å²) < 4.78 is 1.40. The zero-order valence-electron chi connectivity index (χ0n) is 16.4. The van der Waals surface area contributed by atoms with Crippen LogP contribution in [0.1, 0.15) is 12.8 Å². The molecular formula is C20H23N7O2. The topological polar surface area (TPSA) is 109 Å². The monoisotopic (exact) mass is 393 g/mol. The Balaban J connectivity index is 1.62. The van der Waals surface area contributed by atoms with Gasteiger partial charge in [-0.25, -0.2) is 9.97 Å². The van der Waals surface area contributed by atoms with Crippen LogP contribution in [0.15, 0.2) is 41.5 Å². The van der Waals surface area contributed by atoms with E-state index in [1.807, 2.05) is 0 Å². The number of benzene rings is 1. The second-order valence-electron chi connectivity index (χ2n) is 7.29. The SMILES string of the molecule is CN1CCC[C@@H](Nc2nnc(-c3ccc(-c4ncccn4)cc3O)n(C)c2=O)C1. The second kappa shape index (κ2) is 7.96. The van der Waals surface area contributed by atoms with Gasteiger partial charge in [0, 0.05) is 37.6 Å². The van der Waals surface area contributed by atoms with Crippen LogP contribution < -0.4 is 10.9 Å². The molecule has 0 spiro atoms. The average Bonchev–Trinajstić information content (AvgIpc) is 2.73. The number of piperidine rings is 1. The molecule has 1 atom stereocenters. The standard InChI is InChI=1S/C20H23N7O2/c1-26-10-3-5-14(12-26)23-18-20(29)27(2)19(25-24-18)15-7-6-13(11-16(15)28)17-21-8-4-9-22-17/h4,6-9,11,14,28H,3,5,10,12H2,1-2H3,(H,23,24)/t14-/m1/s1. The zero-order chi connectivity index (χ0) is 20.4. The molecule has 4 rings (SSSR count). The Hall–Kier alpha value is -3.33. The summed E-state index contributed by atoms with van der Waals surface area (Å²) in [6.45, 7) is 1.92. The molecule has 0 radical (unpaired) electrons. The predicted octanol–water partition coefficient (Wildman–Crippen LogP) is 1.51. The number of likely N-dealkylation sites (tertiary alicyclic amines) is 1. The third-order valence-corrected chi connectivity index (χ3v) is 5.10. The number of phenolic OH excluding ortho intramolecular Hbond substituents is 1. The molecule has 0 bridgehead atoms. The van der Waals surface area contributed by atoms with E-state index in [2.05, 4.69) is 37.4 Å². The summed E-state index contributed by atoms with van der Waals surface area (Å²) in [5.74, 6) is 1.00. The maximum absolute atomic E-state index is 12.8. The lowest BCUT2D eigenvalue weighted by Crippen LogP contribution is -2.41. The minimum absolute atomic E-state index is 0.0196. The summed E-state index contributed by atoms with van der Waals surface area (Å²) in [6, 6.07) is 6.92. The number of aromatic hydroxyl groups is 1. The number of nitrogens with zero attached hydrogens (tertiary/aromatic N) is 6. The number of nitrogens with one attached hydrogen (secondary N) is 1. The van der Waals surface area contributed by atoms with Gasteiger partial charge in [0.1, 0.15) is 5.75 Å². The third-order valence-electron chi connectivity index (χ3n) is 5.10. The molecule has 9 nitrogen and oxygen atoms in total. The van der Waals surface area contributed by atoms with Gasteiger partial charge in [0.2, 0.25) is 5.82 Å². The van der Waals surface area contributed by atoms with Gasteiger partial charge in [-0.1, -0.05) is 6.07 Å². The fraction of sp³-hybridized carbons (Fsp3) is 0.350. The van der Waals surface area contributed by atoms with Crippen molar-refractivity contribution in [2.75, 3.05) is 25.5 Å². The Labute approximate surface area is 168 Å². The lowest BCUT2D eigenvalue weighted by molar-refractivity contribution is 0.260. The van der Waals surface area contributed by atoms with E-state index in [4.69, 9.17) is 0 Å². The smallest absolute Gasteiger partial charge is 0.296 e. The molecule has 0 aliphatic carbocycles. The number of phenols is 1. The van der Waals surface area contributed by atoms with Gasteiger partial charge < -0.3 is 15.3 Å². The first kappa shape index (κ1) is 19.0. The van der Waals surface area contributed by atoms with E-state index < -0.39 is 0 Å². The first-order chi connectivity index (χ1) is 14.0. The Morgan fingerprint density at radius 2 is 1.97 bits per heavy atom. The van der Waals surface area contributed by atoms with Crippen LogP contribution in [-0.4, -0.2) is 60.9 Å². The van der Waals surface area contributed by atoms with E-state index in [1.54, 1.807) is 43.7 Å². The number of aromatic nitrogens is 5. The van der Waals surface area contributed by atoms with Crippen molar-refractivity contribution >= 4 is 5.82 Å². The van der Waals surface area contributed by atoms with Crippen molar-refractivity contribution in [3.8, 4) is 28.5 Å². The Morgan fingerprint density at radius 1 is 1.17 bits per heavy atom. The van der Waals surface area contributed by atoms with Gasteiger partial charge in [-0.3, -0.25) is 9.36 Å². The molecule has 1 aliphatic heterocycles. The number of rotatable bonds is 4. The average molecular weight is 393 g/mol. The molecule has 0 unspecified atom stereocenters. The fourth-order valence-electron chi connectivity index (χ4n) is 3.57. The van der Waals surface area contributed by atoms with Crippen LogP contribution in [0, 0.1) is 0 Å². The molecule has 1 fully saturated rings. The van der Waals surface area contributed by atoms with Gasteiger partial charge in [-0.15, -0.1) is 10.2 Å². The van der Waals surface area contributed by atoms with Crippen LogP contribution >= 0.6 is 0 Å². The molecule has 150 valence electrons. The van der Waals surface area contributed by atoms with Crippen molar-refractivity contribution in [1.82, 2.24) is 29.6 Å². The quantitative estimate of drug-likeness (QED) is 0.687. The van der Waals surface area contributed by atoms with E-state index >= 15 is 0 Å². The Bertz CT molecular complexity index is 1070. The molecule has 1 aliphatic rings. The normalized spacial score (nSPS) is 17.2. The molecular weight excluding hydrogens is 370 g/mol.